The lowest BCUT2D eigenvalue weighted by molar-refractivity contribution is -0.384. The highest BCUT2D eigenvalue weighted by molar-refractivity contribution is 5.73. The van der Waals surface area contributed by atoms with E-state index in [4.69, 9.17) is 4.74 Å². The number of likely N-dealkylation sites (tertiary alicyclic amines) is 1. The highest BCUT2D eigenvalue weighted by Crippen LogP contribution is 2.25. The first kappa shape index (κ1) is 14.5. The molecule has 2 atom stereocenters. The number of nitro benzene ring substituents is 1. The van der Waals surface area contributed by atoms with Gasteiger partial charge in [-0.25, -0.2) is 0 Å². The van der Waals surface area contributed by atoms with Gasteiger partial charge in [0.05, 0.1) is 18.0 Å². The van der Waals surface area contributed by atoms with Crippen LogP contribution in [0.2, 0.25) is 0 Å². The van der Waals surface area contributed by atoms with Gasteiger partial charge in [0, 0.05) is 31.8 Å². The van der Waals surface area contributed by atoms with Gasteiger partial charge in [-0.15, -0.1) is 0 Å². The molecule has 0 aliphatic carbocycles. The van der Waals surface area contributed by atoms with Gasteiger partial charge in [0.15, 0.2) is 0 Å². The number of nitrogens with zero attached hydrogens (tertiary/aromatic N) is 2. The van der Waals surface area contributed by atoms with Crippen LogP contribution in [0.1, 0.15) is 12.5 Å². The number of nitro groups is 1. The molecule has 1 aromatic rings. The number of carbonyl (C=O) groups is 1. The molecule has 6 heteroatoms. The lowest BCUT2D eigenvalue weighted by Crippen LogP contribution is -2.24. The number of non-ortho nitro benzene ring substituents is 1. The Morgan fingerprint density at radius 1 is 1.40 bits per heavy atom. The quantitative estimate of drug-likeness (QED) is 0.477. The van der Waals surface area contributed by atoms with E-state index in [0.717, 1.165) is 12.1 Å². The van der Waals surface area contributed by atoms with Crippen LogP contribution in [0.3, 0.4) is 0 Å². The third-order valence-electron chi connectivity index (χ3n) is 3.75. The maximum absolute atomic E-state index is 11.6. The summed E-state index contributed by atoms with van der Waals surface area (Å²) in [6.45, 7) is 4.23. The Morgan fingerprint density at radius 3 is 2.60 bits per heavy atom. The second-order valence-corrected chi connectivity index (χ2v) is 5.22. The average Bonchev–Trinajstić information content (AvgIpc) is 2.79. The van der Waals surface area contributed by atoms with Crippen molar-refractivity contribution in [2.24, 2.45) is 11.8 Å². The monoisotopic (exact) mass is 278 g/mol. The average molecular weight is 278 g/mol. The van der Waals surface area contributed by atoms with Gasteiger partial charge in [0.2, 0.25) is 0 Å². The second kappa shape index (κ2) is 6.00. The van der Waals surface area contributed by atoms with Crippen LogP contribution < -0.4 is 0 Å². The van der Waals surface area contributed by atoms with Crippen molar-refractivity contribution >= 4 is 11.7 Å². The topological polar surface area (TPSA) is 72.7 Å². The summed E-state index contributed by atoms with van der Waals surface area (Å²) in [6, 6.07) is 6.53. The van der Waals surface area contributed by atoms with Crippen molar-refractivity contribution in [1.82, 2.24) is 4.90 Å². The Hall–Kier alpha value is -1.95. The first-order chi connectivity index (χ1) is 9.51. The minimum atomic E-state index is -0.408. The van der Waals surface area contributed by atoms with E-state index in [1.807, 2.05) is 6.92 Å². The molecule has 1 aliphatic rings. The normalized spacial score (nSPS) is 22.7. The Balaban J connectivity index is 1.97. The van der Waals surface area contributed by atoms with Crippen molar-refractivity contribution < 1.29 is 14.5 Å². The van der Waals surface area contributed by atoms with E-state index >= 15 is 0 Å². The molecule has 2 unspecified atom stereocenters. The van der Waals surface area contributed by atoms with Crippen LogP contribution in [0.4, 0.5) is 5.69 Å². The van der Waals surface area contributed by atoms with Crippen molar-refractivity contribution in [3.8, 4) is 0 Å². The highest BCUT2D eigenvalue weighted by atomic mass is 16.6. The van der Waals surface area contributed by atoms with E-state index in [1.165, 1.54) is 19.2 Å². The third-order valence-corrected chi connectivity index (χ3v) is 3.75. The molecule has 1 saturated heterocycles. The summed E-state index contributed by atoms with van der Waals surface area (Å²) in [6.07, 6.45) is 0. The summed E-state index contributed by atoms with van der Waals surface area (Å²) in [4.78, 5) is 24.0. The first-order valence-electron chi connectivity index (χ1n) is 6.54. The lowest BCUT2D eigenvalue weighted by atomic mass is 9.99. The Morgan fingerprint density at radius 2 is 2.05 bits per heavy atom. The van der Waals surface area contributed by atoms with Crippen molar-refractivity contribution in [3.05, 3.63) is 39.9 Å². The standard InChI is InChI=1S/C14H18N2O4/c1-10-7-15(9-13(10)14(17)20-2)8-11-3-5-12(6-4-11)16(18)19/h3-6,10,13H,7-9H2,1-2H3. The fourth-order valence-corrected chi connectivity index (χ4v) is 2.64. The number of carbonyl (C=O) groups excluding carboxylic acids is 1. The molecule has 0 amide bonds. The van der Waals surface area contributed by atoms with Crippen molar-refractivity contribution in [3.63, 3.8) is 0 Å². The van der Waals surface area contributed by atoms with E-state index in [2.05, 4.69) is 4.90 Å². The summed E-state index contributed by atoms with van der Waals surface area (Å²) in [7, 11) is 1.41. The molecule has 1 fully saturated rings. The number of hydrogen-bond acceptors (Lipinski definition) is 5. The van der Waals surface area contributed by atoms with Crippen molar-refractivity contribution in [2.45, 2.75) is 13.5 Å². The summed E-state index contributed by atoms with van der Waals surface area (Å²) in [5, 5.41) is 10.6. The molecule has 1 heterocycles. The van der Waals surface area contributed by atoms with E-state index in [0.29, 0.717) is 13.1 Å². The van der Waals surface area contributed by atoms with Crippen LogP contribution in [0.15, 0.2) is 24.3 Å². The molecule has 6 nitrogen and oxygen atoms in total. The molecule has 0 spiro atoms. The lowest BCUT2D eigenvalue weighted by Gasteiger charge is -2.15. The number of benzene rings is 1. The first-order valence-corrected chi connectivity index (χ1v) is 6.54. The van der Waals surface area contributed by atoms with E-state index in [9.17, 15) is 14.9 Å². The number of methoxy groups -OCH3 is 1. The summed E-state index contributed by atoms with van der Waals surface area (Å²) in [5.41, 5.74) is 1.10. The van der Waals surface area contributed by atoms with E-state index in [1.54, 1.807) is 12.1 Å². The van der Waals surface area contributed by atoms with Gasteiger partial charge < -0.3 is 4.74 Å². The Bertz CT molecular complexity index is 500. The van der Waals surface area contributed by atoms with E-state index in [-0.39, 0.29) is 23.5 Å². The Labute approximate surface area is 117 Å². The molecule has 108 valence electrons. The summed E-state index contributed by atoms with van der Waals surface area (Å²) < 4.78 is 4.80. The Kier molecular flexibility index (Phi) is 4.34. The van der Waals surface area contributed by atoms with Crippen LogP contribution in [-0.4, -0.2) is 36.0 Å². The minimum absolute atomic E-state index is 0.0851. The number of hydrogen-bond donors (Lipinski definition) is 0. The van der Waals surface area contributed by atoms with Gasteiger partial charge in [0.25, 0.3) is 5.69 Å². The molecule has 0 bridgehead atoms. The maximum atomic E-state index is 11.6. The van der Waals surface area contributed by atoms with E-state index < -0.39 is 4.92 Å². The van der Waals surface area contributed by atoms with Crippen LogP contribution >= 0.6 is 0 Å². The van der Waals surface area contributed by atoms with Gasteiger partial charge in [-0.2, -0.15) is 0 Å². The number of esters is 1. The van der Waals surface area contributed by atoms with Crippen LogP contribution in [0.5, 0.6) is 0 Å². The van der Waals surface area contributed by atoms with Crippen LogP contribution in [0, 0.1) is 22.0 Å². The fraction of sp³-hybridized carbons (Fsp3) is 0.500. The molecular weight excluding hydrogens is 260 g/mol. The summed E-state index contributed by atoms with van der Waals surface area (Å²) >= 11 is 0. The SMILES string of the molecule is COC(=O)C1CN(Cc2ccc([N+](=O)[O-])cc2)CC1C. The molecule has 2 rings (SSSR count). The molecule has 0 saturated carbocycles. The zero-order valence-corrected chi connectivity index (χ0v) is 11.6. The van der Waals surface area contributed by atoms with Gasteiger partial charge >= 0.3 is 5.97 Å². The molecule has 1 aliphatic heterocycles. The molecule has 20 heavy (non-hydrogen) atoms. The highest BCUT2D eigenvalue weighted by Gasteiger charge is 2.35. The second-order valence-electron chi connectivity index (χ2n) is 5.22. The predicted molar refractivity (Wildman–Crippen MR) is 73.0 cm³/mol. The van der Waals surface area contributed by atoms with Crippen LogP contribution in [0.25, 0.3) is 0 Å². The predicted octanol–water partition coefficient (Wildman–Crippen LogP) is 1.84. The van der Waals surface area contributed by atoms with Gasteiger partial charge in [0.1, 0.15) is 0 Å². The number of rotatable bonds is 4. The zero-order chi connectivity index (χ0) is 14.7. The van der Waals surface area contributed by atoms with Gasteiger partial charge in [-0.3, -0.25) is 19.8 Å². The van der Waals surface area contributed by atoms with Crippen molar-refractivity contribution in [1.29, 1.82) is 0 Å². The molecular formula is C14H18N2O4. The molecule has 0 N–H and O–H groups in total. The minimum Gasteiger partial charge on any atom is -0.469 e. The number of ether oxygens (including phenoxy) is 1. The third kappa shape index (κ3) is 3.14. The zero-order valence-electron chi connectivity index (χ0n) is 11.6. The molecule has 0 aromatic heterocycles. The fourth-order valence-electron chi connectivity index (χ4n) is 2.64. The largest absolute Gasteiger partial charge is 0.469 e. The molecule has 1 aromatic carbocycles. The maximum Gasteiger partial charge on any atom is 0.310 e. The molecule has 0 radical (unpaired) electrons. The van der Waals surface area contributed by atoms with Crippen LogP contribution in [-0.2, 0) is 16.1 Å². The summed E-state index contributed by atoms with van der Waals surface area (Å²) in [5.74, 6) is 0.0160. The smallest absolute Gasteiger partial charge is 0.310 e. The van der Waals surface area contributed by atoms with Gasteiger partial charge in [-0.05, 0) is 11.5 Å². The van der Waals surface area contributed by atoms with Crippen molar-refractivity contribution in [2.75, 3.05) is 20.2 Å². The van der Waals surface area contributed by atoms with Gasteiger partial charge in [-0.1, -0.05) is 19.1 Å².